The lowest BCUT2D eigenvalue weighted by molar-refractivity contribution is -0.137. The molecule has 2 aromatic rings. The number of nitrogens with zero attached hydrogens (tertiary/aromatic N) is 1. The van der Waals surface area contributed by atoms with Gasteiger partial charge in [0.15, 0.2) is 0 Å². The molecule has 8 heteroatoms. The van der Waals surface area contributed by atoms with Gasteiger partial charge in [0.1, 0.15) is 5.49 Å². The van der Waals surface area contributed by atoms with E-state index in [1.165, 1.54) is 22.8 Å². The molecule has 1 amide bonds. The van der Waals surface area contributed by atoms with E-state index in [1.807, 2.05) is 0 Å². The van der Waals surface area contributed by atoms with E-state index in [0.29, 0.717) is 5.69 Å². The average molecular weight is 322 g/mol. The van der Waals surface area contributed by atoms with Gasteiger partial charge in [-0.05, 0) is 36.4 Å². The number of benzene rings is 1. The number of anilines is 1. The van der Waals surface area contributed by atoms with Crippen molar-refractivity contribution >= 4 is 17.9 Å². The van der Waals surface area contributed by atoms with Gasteiger partial charge in [-0.2, -0.15) is 13.2 Å². The molecule has 0 aliphatic rings. The second kappa shape index (κ2) is 6.47. The Hall–Kier alpha value is -2.90. The Balaban J connectivity index is 2.10. The van der Waals surface area contributed by atoms with Crippen molar-refractivity contribution in [3.8, 4) is 0 Å². The Morgan fingerprint density at radius 3 is 2.39 bits per heavy atom. The number of nitrogens with one attached hydrogen (secondary N) is 3. The number of halogens is 3. The molecule has 23 heavy (non-hydrogen) atoms. The minimum Gasteiger partial charge on any atom is -0.326 e. The van der Waals surface area contributed by atoms with Crippen LogP contribution in [0.15, 0.2) is 42.5 Å². The molecule has 0 aliphatic heterocycles. The molecule has 0 spiro atoms. The number of hydrogen-bond acceptors (Lipinski definition) is 3. The van der Waals surface area contributed by atoms with E-state index in [-0.39, 0.29) is 17.6 Å². The van der Waals surface area contributed by atoms with Gasteiger partial charge in [0.05, 0.1) is 18.3 Å². The minimum atomic E-state index is -4.42. The van der Waals surface area contributed by atoms with Gasteiger partial charge >= 0.3 is 6.18 Å². The lowest BCUT2D eigenvalue weighted by Crippen LogP contribution is -2.25. The molecule has 0 saturated heterocycles. The first-order valence-electron chi connectivity index (χ1n) is 6.54. The second-order valence-electron chi connectivity index (χ2n) is 4.70. The van der Waals surface area contributed by atoms with Gasteiger partial charge in [-0.15, -0.1) is 0 Å². The number of carbonyl (C=O) groups is 1. The van der Waals surface area contributed by atoms with Crippen molar-refractivity contribution in [1.29, 1.82) is 10.8 Å². The summed E-state index contributed by atoms with van der Waals surface area (Å²) in [4.78, 5) is 12.0. The molecule has 0 bridgehead atoms. The Morgan fingerprint density at radius 2 is 1.83 bits per heavy atom. The summed E-state index contributed by atoms with van der Waals surface area (Å²) in [5.41, 5.74) is -0.0674. The first kappa shape index (κ1) is 16.5. The first-order valence-corrected chi connectivity index (χ1v) is 6.54. The van der Waals surface area contributed by atoms with Crippen LogP contribution in [-0.4, -0.2) is 16.8 Å². The normalized spacial score (nSPS) is 11.1. The van der Waals surface area contributed by atoms with E-state index in [1.54, 1.807) is 12.1 Å². The van der Waals surface area contributed by atoms with Gasteiger partial charge in [0, 0.05) is 11.4 Å². The molecule has 0 saturated carbocycles. The molecule has 2 rings (SSSR count). The van der Waals surface area contributed by atoms with Crippen LogP contribution in [0.1, 0.15) is 11.3 Å². The molecule has 0 unspecified atom stereocenters. The number of pyridine rings is 1. The number of aromatic nitrogens is 1. The topological polar surface area (TPSA) is 81.7 Å². The zero-order valence-corrected chi connectivity index (χ0v) is 11.8. The third-order valence-electron chi connectivity index (χ3n) is 3.08. The summed E-state index contributed by atoms with van der Waals surface area (Å²) in [6.07, 6.45) is -3.61. The van der Waals surface area contributed by atoms with Crippen LogP contribution in [0.5, 0.6) is 0 Å². The second-order valence-corrected chi connectivity index (χ2v) is 4.70. The summed E-state index contributed by atoms with van der Waals surface area (Å²) in [6.45, 7) is 0. The van der Waals surface area contributed by atoms with E-state index >= 15 is 0 Å². The quantitative estimate of drug-likeness (QED) is 0.587. The highest BCUT2D eigenvalue weighted by molar-refractivity contribution is 5.92. The number of carbonyl (C=O) groups excluding carboxylic acids is 1. The van der Waals surface area contributed by atoms with E-state index < -0.39 is 17.6 Å². The third kappa shape index (κ3) is 4.06. The van der Waals surface area contributed by atoms with Crippen molar-refractivity contribution in [2.45, 2.75) is 12.6 Å². The third-order valence-corrected chi connectivity index (χ3v) is 3.08. The molecule has 0 fully saturated rings. The van der Waals surface area contributed by atoms with E-state index in [4.69, 9.17) is 10.8 Å². The summed E-state index contributed by atoms with van der Waals surface area (Å²) < 4.78 is 38.6. The van der Waals surface area contributed by atoms with Gasteiger partial charge in [0.25, 0.3) is 0 Å². The molecule has 120 valence electrons. The highest BCUT2D eigenvalue weighted by Gasteiger charge is 2.29. The molecule has 3 N–H and O–H groups in total. The molecule has 0 atom stereocenters. The summed E-state index contributed by atoms with van der Waals surface area (Å²) in [6, 6.07) is 8.77. The van der Waals surface area contributed by atoms with Crippen molar-refractivity contribution in [2.75, 3.05) is 5.32 Å². The first-order chi connectivity index (χ1) is 10.8. The Bertz CT molecular complexity index is 779. The van der Waals surface area contributed by atoms with Gasteiger partial charge in [-0.25, -0.2) is 0 Å². The largest absolute Gasteiger partial charge is 0.416 e. The van der Waals surface area contributed by atoms with Crippen LogP contribution >= 0.6 is 0 Å². The molecule has 1 aromatic carbocycles. The van der Waals surface area contributed by atoms with Crippen LogP contribution < -0.4 is 10.8 Å². The van der Waals surface area contributed by atoms with Gasteiger partial charge in [-0.1, -0.05) is 6.07 Å². The molecule has 5 nitrogen and oxygen atoms in total. The van der Waals surface area contributed by atoms with E-state index in [0.717, 1.165) is 18.5 Å². The molecular weight excluding hydrogens is 309 g/mol. The maximum atomic E-state index is 12.5. The fourth-order valence-corrected chi connectivity index (χ4v) is 1.97. The summed E-state index contributed by atoms with van der Waals surface area (Å²) in [5.74, 6) is -0.453. The highest BCUT2D eigenvalue weighted by atomic mass is 19.4. The van der Waals surface area contributed by atoms with Crippen molar-refractivity contribution in [3.05, 3.63) is 59.2 Å². The maximum absolute atomic E-state index is 12.5. The average Bonchev–Trinajstić information content (AvgIpc) is 2.47. The van der Waals surface area contributed by atoms with Crippen LogP contribution in [0.3, 0.4) is 0 Å². The minimum absolute atomic E-state index is 0.0554. The van der Waals surface area contributed by atoms with Gasteiger partial charge in [-0.3, -0.25) is 20.2 Å². The van der Waals surface area contributed by atoms with Crippen molar-refractivity contribution < 1.29 is 18.0 Å². The summed E-state index contributed by atoms with van der Waals surface area (Å²) in [7, 11) is 0. The Labute approximate surface area is 129 Å². The molecule has 0 aliphatic carbocycles. The molecule has 1 aromatic heterocycles. The van der Waals surface area contributed by atoms with Crippen molar-refractivity contribution in [1.82, 2.24) is 4.57 Å². The lowest BCUT2D eigenvalue weighted by atomic mass is 10.2. The lowest BCUT2D eigenvalue weighted by Gasteiger charge is -2.10. The van der Waals surface area contributed by atoms with Crippen LogP contribution in [0.4, 0.5) is 18.9 Å². The molecule has 1 heterocycles. The van der Waals surface area contributed by atoms with Crippen LogP contribution in [0.25, 0.3) is 0 Å². The van der Waals surface area contributed by atoms with Crippen LogP contribution in [0.2, 0.25) is 0 Å². The fraction of sp³-hybridized carbons (Fsp3) is 0.133. The van der Waals surface area contributed by atoms with E-state index in [9.17, 15) is 18.0 Å². The zero-order valence-electron chi connectivity index (χ0n) is 11.8. The smallest absolute Gasteiger partial charge is 0.326 e. The van der Waals surface area contributed by atoms with Crippen molar-refractivity contribution in [3.63, 3.8) is 0 Å². The van der Waals surface area contributed by atoms with Gasteiger partial charge < -0.3 is 5.32 Å². The fourth-order valence-electron chi connectivity index (χ4n) is 1.97. The summed E-state index contributed by atoms with van der Waals surface area (Å²) >= 11 is 0. The zero-order chi connectivity index (χ0) is 17.0. The van der Waals surface area contributed by atoms with Crippen LogP contribution in [-0.2, 0) is 17.4 Å². The number of rotatable bonds is 4. The van der Waals surface area contributed by atoms with Crippen LogP contribution in [0, 0.1) is 10.8 Å². The SMILES string of the molecule is N=Cn1c(CC(=O)Nc2ccc(C(F)(F)F)cc2)cccc1=N. The molecular formula is C15H13F3N4O. The number of alkyl halides is 3. The predicted molar refractivity (Wildman–Crippen MR) is 78.2 cm³/mol. The van der Waals surface area contributed by atoms with Gasteiger partial charge in [0.2, 0.25) is 5.91 Å². The molecule has 0 radical (unpaired) electrons. The summed E-state index contributed by atoms with van der Waals surface area (Å²) in [5, 5.41) is 17.4. The Kier molecular flexibility index (Phi) is 4.63. The Morgan fingerprint density at radius 1 is 1.17 bits per heavy atom. The predicted octanol–water partition coefficient (Wildman–Crippen LogP) is 2.62. The van der Waals surface area contributed by atoms with Crippen molar-refractivity contribution in [2.24, 2.45) is 0 Å². The number of amides is 1. The standard InChI is InChI=1S/C15H13F3N4O/c16-15(17,18)10-4-6-11(7-5-10)21-14(23)8-12-2-1-3-13(20)22(12)9-19/h1-7,9,19-20H,8H2,(H,21,23). The monoisotopic (exact) mass is 322 g/mol. The highest BCUT2D eigenvalue weighted by Crippen LogP contribution is 2.29. The number of hydrogen-bond donors (Lipinski definition) is 3. The van der Waals surface area contributed by atoms with E-state index in [2.05, 4.69) is 5.32 Å². The maximum Gasteiger partial charge on any atom is 0.416 e.